The zero-order valence-corrected chi connectivity index (χ0v) is 15.6. The minimum atomic E-state index is -0.697. The fraction of sp³-hybridized carbons (Fsp3) is 0. The van der Waals surface area contributed by atoms with Gasteiger partial charge >= 0.3 is 6.03 Å². The minimum absolute atomic E-state index is 0.349. The summed E-state index contributed by atoms with van der Waals surface area (Å²) in [5.41, 5.74) is 7.36. The van der Waals surface area contributed by atoms with Crippen LogP contribution in [0.3, 0.4) is 0 Å². The fourth-order valence-electron chi connectivity index (χ4n) is 3.20. The van der Waals surface area contributed by atoms with Crippen molar-refractivity contribution in [3.63, 3.8) is 0 Å². The average Bonchev–Trinajstić information content (AvgIpc) is 2.99. The predicted molar refractivity (Wildman–Crippen MR) is 112 cm³/mol. The Morgan fingerprint density at radius 1 is 0.733 bits per heavy atom. The Morgan fingerprint density at radius 2 is 1.37 bits per heavy atom. The zero-order chi connectivity index (χ0) is 21.3. The number of amides is 5. The van der Waals surface area contributed by atoms with Gasteiger partial charge in [-0.2, -0.15) is 0 Å². The van der Waals surface area contributed by atoms with Crippen molar-refractivity contribution in [1.29, 1.82) is 0 Å². The van der Waals surface area contributed by atoms with Crippen molar-refractivity contribution < 1.29 is 19.2 Å². The van der Waals surface area contributed by atoms with Crippen molar-refractivity contribution in [2.45, 2.75) is 0 Å². The number of nitrogens with two attached hydrogens (primary N) is 1. The molecule has 0 radical (unpaired) electrons. The minimum Gasteiger partial charge on any atom is -0.351 e. The smallest absolute Gasteiger partial charge is 0.316 e. The van der Waals surface area contributed by atoms with Gasteiger partial charge in [-0.05, 0) is 54.6 Å². The van der Waals surface area contributed by atoms with Crippen molar-refractivity contribution in [3.8, 4) is 0 Å². The first-order valence-corrected chi connectivity index (χ1v) is 9.00. The first-order chi connectivity index (χ1) is 14.4. The van der Waals surface area contributed by atoms with Gasteiger partial charge in [0.2, 0.25) is 0 Å². The van der Waals surface area contributed by atoms with E-state index >= 15 is 0 Å². The third-order valence-corrected chi connectivity index (χ3v) is 4.57. The highest BCUT2D eigenvalue weighted by molar-refractivity contribution is 6.34. The van der Waals surface area contributed by atoms with Crippen LogP contribution in [-0.2, 0) is 0 Å². The Labute approximate surface area is 171 Å². The van der Waals surface area contributed by atoms with E-state index in [4.69, 9.17) is 5.73 Å². The van der Waals surface area contributed by atoms with E-state index in [9.17, 15) is 19.2 Å². The second-order valence-electron chi connectivity index (χ2n) is 6.56. The van der Waals surface area contributed by atoms with Gasteiger partial charge in [-0.1, -0.05) is 18.2 Å². The van der Waals surface area contributed by atoms with E-state index in [2.05, 4.69) is 10.6 Å². The van der Waals surface area contributed by atoms with Crippen molar-refractivity contribution in [3.05, 3.63) is 89.5 Å². The molecule has 0 aliphatic carbocycles. The standard InChI is InChI=1S/C22H16N4O4/c23-22(30)25-14-10-8-13(9-11-14)19(27)24-15-4-3-5-16(12-15)26-20(28)17-6-1-2-7-18(17)21(26)29/h1-12H,(H,24,27)(H3,23,25,30). The number of benzene rings is 3. The molecule has 5 amide bonds. The molecule has 0 atom stereocenters. The second kappa shape index (κ2) is 7.51. The maximum Gasteiger partial charge on any atom is 0.316 e. The highest BCUT2D eigenvalue weighted by atomic mass is 16.2. The van der Waals surface area contributed by atoms with Gasteiger partial charge in [-0.25, -0.2) is 9.69 Å². The summed E-state index contributed by atoms with van der Waals surface area (Å²) >= 11 is 0. The molecule has 8 nitrogen and oxygen atoms in total. The molecule has 4 N–H and O–H groups in total. The number of carbonyl (C=O) groups excluding carboxylic acids is 4. The molecule has 0 unspecified atom stereocenters. The highest BCUT2D eigenvalue weighted by Gasteiger charge is 2.36. The van der Waals surface area contributed by atoms with Crippen LogP contribution in [0.2, 0.25) is 0 Å². The normalized spacial score (nSPS) is 12.5. The molecule has 0 fully saturated rings. The van der Waals surface area contributed by atoms with Gasteiger partial charge in [0.1, 0.15) is 0 Å². The SMILES string of the molecule is NC(=O)Nc1ccc(C(=O)Nc2cccc(N3C(=O)c4ccccc4C3=O)c2)cc1. The maximum atomic E-state index is 12.6. The average molecular weight is 400 g/mol. The summed E-state index contributed by atoms with van der Waals surface area (Å²) in [5, 5.41) is 5.15. The lowest BCUT2D eigenvalue weighted by Gasteiger charge is -2.15. The van der Waals surface area contributed by atoms with E-state index in [0.717, 1.165) is 4.90 Å². The number of rotatable bonds is 4. The lowest BCUT2D eigenvalue weighted by atomic mass is 10.1. The number of hydrogen-bond acceptors (Lipinski definition) is 4. The molecule has 0 bridgehead atoms. The number of urea groups is 1. The van der Waals surface area contributed by atoms with Crippen LogP contribution in [0.25, 0.3) is 0 Å². The summed E-state index contributed by atoms with van der Waals surface area (Å²) in [7, 11) is 0. The van der Waals surface area contributed by atoms with Gasteiger partial charge < -0.3 is 16.4 Å². The molecule has 3 aromatic carbocycles. The summed E-state index contributed by atoms with van der Waals surface area (Å²) in [4.78, 5) is 49.8. The number of fused-ring (bicyclic) bond motifs is 1. The number of nitrogens with zero attached hydrogens (tertiary/aromatic N) is 1. The number of imide groups is 1. The van der Waals surface area contributed by atoms with Crippen molar-refractivity contribution in [2.75, 3.05) is 15.5 Å². The largest absolute Gasteiger partial charge is 0.351 e. The molecule has 0 saturated heterocycles. The number of anilines is 3. The van der Waals surface area contributed by atoms with E-state index in [1.54, 1.807) is 60.7 Å². The highest BCUT2D eigenvalue weighted by Crippen LogP contribution is 2.29. The van der Waals surface area contributed by atoms with Crippen LogP contribution in [0.15, 0.2) is 72.8 Å². The Morgan fingerprint density at radius 3 is 1.97 bits per heavy atom. The summed E-state index contributed by atoms with van der Waals surface area (Å²) < 4.78 is 0. The molecule has 1 aliphatic rings. The number of carbonyl (C=O) groups is 4. The Bertz CT molecular complexity index is 1150. The summed E-state index contributed by atoms with van der Waals surface area (Å²) in [5.74, 6) is -1.20. The predicted octanol–water partition coefficient (Wildman–Crippen LogP) is 3.23. The second-order valence-corrected chi connectivity index (χ2v) is 6.56. The van der Waals surface area contributed by atoms with Crippen molar-refractivity contribution >= 4 is 40.8 Å². The molecule has 1 heterocycles. The van der Waals surface area contributed by atoms with Crippen LogP contribution >= 0.6 is 0 Å². The van der Waals surface area contributed by atoms with Crippen LogP contribution in [0, 0.1) is 0 Å². The lowest BCUT2D eigenvalue weighted by Crippen LogP contribution is -2.29. The van der Waals surface area contributed by atoms with Crippen LogP contribution in [0.5, 0.6) is 0 Å². The fourth-order valence-corrected chi connectivity index (χ4v) is 3.20. The number of hydrogen-bond donors (Lipinski definition) is 3. The molecule has 1 aliphatic heterocycles. The monoisotopic (exact) mass is 400 g/mol. The van der Waals surface area contributed by atoms with Crippen molar-refractivity contribution in [2.24, 2.45) is 5.73 Å². The molecule has 0 saturated carbocycles. The molecule has 3 aromatic rings. The molecule has 0 spiro atoms. The summed E-state index contributed by atoms with van der Waals surface area (Å²) in [6.45, 7) is 0. The molecule has 148 valence electrons. The van der Waals surface area contributed by atoms with Gasteiger partial charge in [-0.15, -0.1) is 0 Å². The van der Waals surface area contributed by atoms with Gasteiger partial charge in [0, 0.05) is 16.9 Å². The van der Waals surface area contributed by atoms with E-state index in [1.807, 2.05) is 0 Å². The molecule has 4 rings (SSSR count). The number of primary amides is 1. The first-order valence-electron chi connectivity index (χ1n) is 9.00. The molecular weight excluding hydrogens is 384 g/mol. The van der Waals surface area contributed by atoms with E-state index in [1.165, 1.54) is 12.1 Å². The molecule has 0 aromatic heterocycles. The number of nitrogens with one attached hydrogen (secondary N) is 2. The molecule has 30 heavy (non-hydrogen) atoms. The maximum absolute atomic E-state index is 12.6. The van der Waals surface area contributed by atoms with Crippen LogP contribution in [0.1, 0.15) is 31.1 Å². The molecule has 8 heteroatoms. The van der Waals surface area contributed by atoms with Gasteiger partial charge in [-0.3, -0.25) is 14.4 Å². The topological polar surface area (TPSA) is 122 Å². The zero-order valence-electron chi connectivity index (χ0n) is 15.6. The van der Waals surface area contributed by atoms with Gasteiger partial charge in [0.15, 0.2) is 0 Å². The Balaban J connectivity index is 1.53. The van der Waals surface area contributed by atoms with Crippen molar-refractivity contribution in [1.82, 2.24) is 0 Å². The van der Waals surface area contributed by atoms with Gasteiger partial charge in [0.25, 0.3) is 17.7 Å². The lowest BCUT2D eigenvalue weighted by molar-refractivity contribution is 0.0925. The van der Waals surface area contributed by atoms with Gasteiger partial charge in [0.05, 0.1) is 16.8 Å². The third-order valence-electron chi connectivity index (χ3n) is 4.57. The van der Waals surface area contributed by atoms with E-state index in [0.29, 0.717) is 33.8 Å². The first kappa shape index (κ1) is 18.9. The summed E-state index contributed by atoms with van der Waals surface area (Å²) in [6, 6.07) is 18.6. The summed E-state index contributed by atoms with van der Waals surface area (Å²) in [6.07, 6.45) is 0. The third kappa shape index (κ3) is 3.49. The van der Waals surface area contributed by atoms with Crippen LogP contribution in [-0.4, -0.2) is 23.8 Å². The van der Waals surface area contributed by atoms with Crippen LogP contribution in [0.4, 0.5) is 21.9 Å². The van der Waals surface area contributed by atoms with E-state index in [-0.39, 0.29) is 5.91 Å². The van der Waals surface area contributed by atoms with E-state index < -0.39 is 17.8 Å². The van der Waals surface area contributed by atoms with Crippen LogP contribution < -0.4 is 21.3 Å². The Hall–Kier alpha value is -4.46. The Kier molecular flexibility index (Phi) is 4.73. The molecular formula is C22H16N4O4. The quantitative estimate of drug-likeness (QED) is 0.582.